The molecule has 7 rings (SSSR count). The van der Waals surface area contributed by atoms with E-state index in [2.05, 4.69) is 10.3 Å². The maximum Gasteiger partial charge on any atom is 0.254 e. The third-order valence-electron chi connectivity index (χ3n) is 8.91. The number of fused-ring (bicyclic) bond motifs is 1. The fraction of sp³-hybridized carbons (Fsp3) is 0.364. The molecule has 0 radical (unpaired) electrons. The van der Waals surface area contributed by atoms with Gasteiger partial charge in [0.1, 0.15) is 40.8 Å². The number of hydrogen-bond acceptors (Lipinski definition) is 8. The van der Waals surface area contributed by atoms with Crippen molar-refractivity contribution in [3.05, 3.63) is 106 Å². The second-order valence-corrected chi connectivity index (χ2v) is 12.5. The number of amides is 1. The van der Waals surface area contributed by atoms with Crippen molar-refractivity contribution in [2.75, 3.05) is 26.8 Å². The van der Waals surface area contributed by atoms with Gasteiger partial charge in [0.15, 0.2) is 6.29 Å². The van der Waals surface area contributed by atoms with Crippen LogP contribution in [0.2, 0.25) is 5.02 Å². The predicted molar refractivity (Wildman–Crippen MR) is 168 cm³/mol. The highest BCUT2D eigenvalue weighted by Gasteiger charge is 2.63. The molecule has 0 saturated carbocycles. The normalized spacial score (nSPS) is 27.9. The van der Waals surface area contributed by atoms with Crippen molar-refractivity contribution >= 4 is 30.1 Å². The summed E-state index contributed by atoms with van der Waals surface area (Å²) in [4.78, 5) is 15.8. The fourth-order valence-electron chi connectivity index (χ4n) is 6.48. The minimum atomic E-state index is -1.39. The highest BCUT2D eigenvalue weighted by molar-refractivity contribution is 7.80. The molecule has 4 aromatic rings. The van der Waals surface area contributed by atoms with Gasteiger partial charge in [-0.3, -0.25) is 4.79 Å². The van der Waals surface area contributed by atoms with Gasteiger partial charge in [-0.1, -0.05) is 59.3 Å². The van der Waals surface area contributed by atoms with Gasteiger partial charge in [0.05, 0.1) is 12.8 Å². The highest BCUT2D eigenvalue weighted by Crippen LogP contribution is 2.50. The van der Waals surface area contributed by atoms with E-state index >= 15 is 0 Å². The molecule has 0 spiro atoms. The van der Waals surface area contributed by atoms with E-state index in [-0.39, 0.29) is 18.3 Å². The number of carbonyl (C=O) groups excluding carboxylic acids is 1. The lowest BCUT2D eigenvalue weighted by Gasteiger charge is -2.55. The SMILES string of the molecule is CO[C@H]1[C@@H](S)O[C@@H]2COC(c3ccccc3)O[C@@H]2C1(c1cc(Cl)ccc1C(=O)N1CCC1)n1cc(-c2ccc(C)c(F)c2)nn1. The summed E-state index contributed by atoms with van der Waals surface area (Å²) in [5, 5.41) is 9.52. The van der Waals surface area contributed by atoms with Gasteiger partial charge < -0.3 is 23.8 Å². The van der Waals surface area contributed by atoms with Crippen LogP contribution in [0.25, 0.3) is 11.3 Å². The average molecular weight is 651 g/mol. The monoisotopic (exact) mass is 650 g/mol. The number of aromatic nitrogens is 3. The number of rotatable bonds is 6. The largest absolute Gasteiger partial charge is 0.375 e. The van der Waals surface area contributed by atoms with Gasteiger partial charge in [-0.25, -0.2) is 9.07 Å². The maximum atomic E-state index is 14.7. The summed E-state index contributed by atoms with van der Waals surface area (Å²) in [6.45, 7) is 3.17. The molecule has 0 N–H and O–H groups in total. The van der Waals surface area contributed by atoms with Crippen LogP contribution in [0.3, 0.4) is 0 Å². The van der Waals surface area contributed by atoms with E-state index in [1.54, 1.807) is 60.1 Å². The van der Waals surface area contributed by atoms with Crippen LogP contribution < -0.4 is 0 Å². The highest BCUT2D eigenvalue weighted by atomic mass is 35.5. The summed E-state index contributed by atoms with van der Waals surface area (Å²) in [6, 6.07) is 19.7. The topological polar surface area (TPSA) is 87.9 Å². The molecule has 9 nitrogen and oxygen atoms in total. The van der Waals surface area contributed by atoms with Crippen molar-refractivity contribution < 1.29 is 28.1 Å². The van der Waals surface area contributed by atoms with Gasteiger partial charge in [0.25, 0.3) is 5.91 Å². The first-order valence-electron chi connectivity index (χ1n) is 14.8. The third-order valence-corrected chi connectivity index (χ3v) is 9.54. The molecular formula is C33H32ClFN4O5S. The summed E-state index contributed by atoms with van der Waals surface area (Å²) in [5.74, 6) is -0.502. The van der Waals surface area contributed by atoms with Gasteiger partial charge in [0.2, 0.25) is 0 Å². The first-order valence-corrected chi connectivity index (χ1v) is 15.7. The van der Waals surface area contributed by atoms with Gasteiger partial charge in [-0.05, 0) is 48.7 Å². The molecule has 1 amide bonds. The molecule has 45 heavy (non-hydrogen) atoms. The molecule has 3 aromatic carbocycles. The quantitative estimate of drug-likeness (QED) is 0.279. The van der Waals surface area contributed by atoms with Gasteiger partial charge in [-0.2, -0.15) is 0 Å². The number of hydrogen-bond donors (Lipinski definition) is 1. The third kappa shape index (κ3) is 5.15. The number of aryl methyl sites for hydroxylation is 1. The first-order chi connectivity index (χ1) is 21.8. The number of halogens is 2. The van der Waals surface area contributed by atoms with Crippen molar-refractivity contribution in [2.45, 2.75) is 48.9 Å². The Balaban J connectivity index is 1.47. The zero-order chi connectivity index (χ0) is 31.3. The molecule has 234 valence electrons. The van der Waals surface area contributed by atoms with Crippen molar-refractivity contribution in [2.24, 2.45) is 0 Å². The summed E-state index contributed by atoms with van der Waals surface area (Å²) < 4.78 is 41.9. The van der Waals surface area contributed by atoms with Crippen LogP contribution >= 0.6 is 24.2 Å². The second kappa shape index (κ2) is 12.1. The van der Waals surface area contributed by atoms with Crippen LogP contribution in [-0.2, 0) is 24.5 Å². The Morgan fingerprint density at radius 1 is 1.11 bits per heavy atom. The summed E-state index contributed by atoms with van der Waals surface area (Å²) in [5.41, 5.74) is 1.04. The molecule has 6 atom stereocenters. The Morgan fingerprint density at radius 3 is 2.62 bits per heavy atom. The van der Waals surface area contributed by atoms with E-state index in [1.807, 2.05) is 30.3 Å². The lowest BCUT2D eigenvalue weighted by molar-refractivity contribution is -0.323. The molecule has 12 heteroatoms. The number of carbonyl (C=O) groups is 1. The number of methoxy groups -OCH3 is 1. The number of thiol groups is 1. The maximum absolute atomic E-state index is 14.7. The number of likely N-dealkylation sites (tertiary alicyclic amines) is 1. The Hall–Kier alpha value is -3.32. The average Bonchev–Trinajstić information content (AvgIpc) is 3.51. The number of ether oxygens (including phenoxy) is 4. The van der Waals surface area contributed by atoms with E-state index in [9.17, 15) is 9.18 Å². The van der Waals surface area contributed by atoms with Crippen LogP contribution in [0.1, 0.15) is 39.8 Å². The van der Waals surface area contributed by atoms with E-state index in [0.717, 1.165) is 12.0 Å². The smallest absolute Gasteiger partial charge is 0.254 e. The molecule has 1 aromatic heterocycles. The molecule has 2 unspecified atom stereocenters. The molecule has 3 aliphatic heterocycles. The number of nitrogens with zero attached hydrogens (tertiary/aromatic N) is 4. The zero-order valence-electron chi connectivity index (χ0n) is 24.7. The molecular weight excluding hydrogens is 619 g/mol. The Bertz CT molecular complexity index is 1720. The standard InChI is InChI=1S/C33H32ClFN4O5S/c1-19-9-10-21(15-25(19)35)26-17-39(37-36-26)33(24-16-22(34)11-12-23(24)30(40)38-13-6-14-38)28-27(43-32(45)29(33)41-2)18-42-31(44-28)20-7-4-3-5-8-20/h3-5,7-12,15-17,27-29,31-32,45H,6,13-14,18H2,1-2H3/t27-,28+,29+,31?,32-,33?/m1/s1. The minimum absolute atomic E-state index is 0.145. The zero-order valence-corrected chi connectivity index (χ0v) is 26.3. The van der Waals surface area contributed by atoms with Crippen LogP contribution in [-0.4, -0.2) is 76.4 Å². The Labute approximate surface area is 270 Å². The van der Waals surface area contributed by atoms with E-state index in [0.29, 0.717) is 46.1 Å². The van der Waals surface area contributed by atoms with Gasteiger partial charge in [0, 0.05) is 41.9 Å². The van der Waals surface area contributed by atoms with E-state index < -0.39 is 35.6 Å². The molecule has 0 aliphatic carbocycles. The number of benzene rings is 3. The van der Waals surface area contributed by atoms with Gasteiger partial charge in [-0.15, -0.1) is 17.7 Å². The van der Waals surface area contributed by atoms with Crippen LogP contribution in [0, 0.1) is 12.7 Å². The van der Waals surface area contributed by atoms with Crippen molar-refractivity contribution in [3.8, 4) is 11.3 Å². The van der Waals surface area contributed by atoms with Crippen LogP contribution in [0.4, 0.5) is 4.39 Å². The van der Waals surface area contributed by atoms with Crippen molar-refractivity contribution in [1.82, 2.24) is 19.9 Å². The molecule has 0 bridgehead atoms. The Kier molecular flexibility index (Phi) is 8.18. The summed E-state index contributed by atoms with van der Waals surface area (Å²) in [7, 11) is 1.55. The van der Waals surface area contributed by atoms with E-state index in [1.165, 1.54) is 6.07 Å². The fourth-order valence-corrected chi connectivity index (χ4v) is 7.16. The molecule has 3 fully saturated rings. The molecule has 3 saturated heterocycles. The minimum Gasteiger partial charge on any atom is -0.375 e. The summed E-state index contributed by atoms with van der Waals surface area (Å²) >= 11 is 11.6. The van der Waals surface area contributed by atoms with Crippen molar-refractivity contribution in [1.29, 1.82) is 0 Å². The lowest BCUT2D eigenvalue weighted by Crippen LogP contribution is -2.70. The Morgan fingerprint density at radius 2 is 1.91 bits per heavy atom. The van der Waals surface area contributed by atoms with Gasteiger partial charge >= 0.3 is 0 Å². The van der Waals surface area contributed by atoms with Crippen LogP contribution in [0.5, 0.6) is 0 Å². The molecule has 4 heterocycles. The molecule has 3 aliphatic rings. The van der Waals surface area contributed by atoms with E-state index in [4.69, 9.17) is 43.2 Å². The van der Waals surface area contributed by atoms with Crippen molar-refractivity contribution in [3.63, 3.8) is 0 Å². The second-order valence-electron chi connectivity index (χ2n) is 11.5. The predicted octanol–water partition coefficient (Wildman–Crippen LogP) is 5.42. The lowest BCUT2D eigenvalue weighted by atomic mass is 9.73. The summed E-state index contributed by atoms with van der Waals surface area (Å²) in [6.07, 6.45) is -0.440. The van der Waals surface area contributed by atoms with Crippen LogP contribution in [0.15, 0.2) is 72.9 Å². The first kappa shape index (κ1) is 30.3.